The van der Waals surface area contributed by atoms with Crippen molar-refractivity contribution in [3.05, 3.63) is 0 Å². The topological polar surface area (TPSA) is 272 Å². The first-order valence-electron chi connectivity index (χ1n) is 15.3. The van der Waals surface area contributed by atoms with Gasteiger partial charge in [-0.25, -0.2) is 0 Å². The molecule has 1 aliphatic heterocycles. The summed E-state index contributed by atoms with van der Waals surface area (Å²) >= 11 is 0. The molecule has 260 valence electrons. The molecule has 1 rings (SSSR count). The molecule has 0 aliphatic carbocycles. The maximum Gasteiger partial charge on any atom is 0.320 e. The van der Waals surface area contributed by atoms with E-state index in [9.17, 15) is 33.6 Å². The average Bonchev–Trinajstić information content (AvgIpc) is 3.38. The summed E-state index contributed by atoms with van der Waals surface area (Å²) in [5, 5.41) is 17.1. The van der Waals surface area contributed by atoms with Crippen LogP contribution in [0.3, 0.4) is 0 Å². The number of amides is 1. The van der Waals surface area contributed by atoms with Crippen LogP contribution in [0, 0.1) is 0 Å². The molecule has 1 amide bonds. The Labute approximate surface area is 265 Å². The zero-order valence-corrected chi connectivity index (χ0v) is 26.7. The lowest BCUT2D eigenvalue weighted by atomic mass is 10.1. The summed E-state index contributed by atoms with van der Waals surface area (Å²) in [5.74, 6) is -2.16. The number of carboxylic acids is 1. The Morgan fingerprint density at radius 2 is 1.51 bits per heavy atom. The van der Waals surface area contributed by atoms with Crippen molar-refractivity contribution in [1.82, 2.24) is 16.0 Å². The molecule has 1 saturated heterocycles. The van der Waals surface area contributed by atoms with Crippen LogP contribution in [0.15, 0.2) is 0 Å². The summed E-state index contributed by atoms with van der Waals surface area (Å²) in [6.45, 7) is 4.13. The Balaban J connectivity index is 0. The molecule has 1 fully saturated rings. The summed E-state index contributed by atoms with van der Waals surface area (Å²) in [7, 11) is 1.90. The molecule has 16 heteroatoms. The number of carbonyl (C=O) groups excluding carboxylic acids is 6. The van der Waals surface area contributed by atoms with Crippen molar-refractivity contribution in [1.29, 1.82) is 0 Å². The van der Waals surface area contributed by atoms with Crippen LogP contribution in [0.1, 0.15) is 84.0 Å². The van der Waals surface area contributed by atoms with Gasteiger partial charge >= 0.3 is 17.9 Å². The van der Waals surface area contributed by atoms with E-state index in [4.69, 9.17) is 22.3 Å². The zero-order chi connectivity index (χ0) is 34.5. The number of nitrogens with two attached hydrogens (primary N) is 3. The predicted molar refractivity (Wildman–Crippen MR) is 166 cm³/mol. The van der Waals surface area contributed by atoms with Gasteiger partial charge in [0.25, 0.3) is 6.47 Å². The van der Waals surface area contributed by atoms with Gasteiger partial charge in [-0.05, 0) is 78.6 Å². The van der Waals surface area contributed by atoms with E-state index in [1.165, 1.54) is 6.92 Å². The van der Waals surface area contributed by atoms with Gasteiger partial charge in [-0.2, -0.15) is 0 Å². The molecule has 10 N–H and O–H groups in total. The number of Topliss-reactive ketones (excluding diaryl/α,β-unsaturated/α-hetero) is 2. The van der Waals surface area contributed by atoms with Crippen LogP contribution in [0.4, 0.5) is 0 Å². The molecule has 0 aromatic rings. The fourth-order valence-corrected chi connectivity index (χ4v) is 3.68. The second-order valence-corrected chi connectivity index (χ2v) is 10.4. The fourth-order valence-electron chi connectivity index (χ4n) is 3.68. The normalized spacial score (nSPS) is 14.0. The molecule has 0 aromatic carbocycles. The number of hydrogen-bond acceptors (Lipinski definition) is 14. The number of carboxylic acid groups (broad SMARTS) is 1. The smallest absolute Gasteiger partial charge is 0.320 e. The molecule has 0 saturated carbocycles. The molecular formula is C29H54N6O10. The van der Waals surface area contributed by atoms with Crippen molar-refractivity contribution in [3.63, 3.8) is 0 Å². The highest BCUT2D eigenvalue weighted by Gasteiger charge is 2.19. The highest BCUT2D eigenvalue weighted by molar-refractivity contribution is 5.92. The van der Waals surface area contributed by atoms with Gasteiger partial charge in [0.2, 0.25) is 5.91 Å². The molecule has 3 atom stereocenters. The standard InChI is InChI=1S/C19H36N4O5.C6H14N2O2.C4H4O3/c1-15(25)17(23-19(27)9-12-28-14-24)8-4-6-11-22-13-18(26)16(20)7-3-5-10-21-2;7-4-2-1-3-5(8)6(9)10;5-3-1-2-4(6)7-3/h14,16-17,21-22H,3-13,20H2,1-2H3,(H,23,27);5H,1-4,7-8H2,(H,9,10);1-2H2. The SMILES string of the molecule is CNCCCCC(N)C(=O)CNCCCCC(NC(=O)CCOC=O)C(C)=O.NCCCCC(N)C(=O)O.O=C1CCC(=O)O1. The molecule has 1 aliphatic rings. The monoisotopic (exact) mass is 646 g/mol. The number of ketones is 2. The van der Waals surface area contributed by atoms with E-state index in [0.717, 1.165) is 45.1 Å². The molecule has 16 nitrogen and oxygen atoms in total. The number of hydrogen-bond donors (Lipinski definition) is 7. The van der Waals surface area contributed by atoms with Gasteiger partial charge in [0, 0.05) is 0 Å². The third-order valence-electron chi connectivity index (χ3n) is 6.39. The lowest BCUT2D eigenvalue weighted by molar-refractivity contribution is -0.152. The molecule has 0 aromatic heterocycles. The van der Waals surface area contributed by atoms with E-state index < -0.39 is 36.0 Å². The molecular weight excluding hydrogens is 592 g/mol. The number of unbranched alkanes of at least 4 members (excludes halogenated alkanes) is 3. The highest BCUT2D eigenvalue weighted by Crippen LogP contribution is 2.04. The Morgan fingerprint density at radius 3 is 2.02 bits per heavy atom. The fraction of sp³-hybridized carbons (Fsp3) is 0.759. The Kier molecular flexibility index (Phi) is 28.6. The Hall–Kier alpha value is -3.31. The van der Waals surface area contributed by atoms with Gasteiger partial charge in [0.1, 0.15) is 6.04 Å². The van der Waals surface area contributed by atoms with Crippen LogP contribution >= 0.6 is 0 Å². The molecule has 45 heavy (non-hydrogen) atoms. The van der Waals surface area contributed by atoms with Crippen molar-refractivity contribution >= 4 is 41.9 Å². The van der Waals surface area contributed by atoms with Crippen LogP contribution in [0.2, 0.25) is 0 Å². The second kappa shape index (κ2) is 29.4. The summed E-state index contributed by atoms with van der Waals surface area (Å²) in [4.78, 5) is 75.5. The quantitative estimate of drug-likeness (QED) is 0.0288. The number of aliphatic carboxylic acids is 1. The molecule has 0 radical (unpaired) electrons. The van der Waals surface area contributed by atoms with Crippen molar-refractivity contribution in [2.24, 2.45) is 17.2 Å². The van der Waals surface area contributed by atoms with E-state index in [2.05, 4.69) is 25.4 Å². The summed E-state index contributed by atoms with van der Waals surface area (Å²) in [6.07, 6.45) is 7.37. The highest BCUT2D eigenvalue weighted by atomic mass is 16.6. The maximum atomic E-state index is 11.9. The Bertz CT molecular complexity index is 876. The van der Waals surface area contributed by atoms with Crippen molar-refractivity contribution in [2.75, 3.05) is 39.8 Å². The van der Waals surface area contributed by atoms with Crippen molar-refractivity contribution < 1.29 is 48.1 Å². The van der Waals surface area contributed by atoms with Gasteiger partial charge in [-0.3, -0.25) is 33.6 Å². The first kappa shape index (κ1) is 43.8. The van der Waals surface area contributed by atoms with E-state index in [1.807, 2.05) is 7.05 Å². The van der Waals surface area contributed by atoms with Gasteiger partial charge in [-0.15, -0.1) is 0 Å². The largest absolute Gasteiger partial charge is 0.480 e. The van der Waals surface area contributed by atoms with E-state index in [-0.39, 0.29) is 56.4 Å². The molecule has 3 unspecified atom stereocenters. The van der Waals surface area contributed by atoms with E-state index in [1.54, 1.807) is 0 Å². The number of cyclic esters (lactones) is 2. The minimum atomic E-state index is -0.933. The van der Waals surface area contributed by atoms with E-state index in [0.29, 0.717) is 32.4 Å². The average molecular weight is 647 g/mol. The van der Waals surface area contributed by atoms with Crippen LogP contribution in [0.25, 0.3) is 0 Å². The van der Waals surface area contributed by atoms with Crippen LogP contribution in [0.5, 0.6) is 0 Å². The number of esters is 2. The molecule has 0 spiro atoms. The first-order chi connectivity index (χ1) is 21.4. The third kappa shape index (κ3) is 27.9. The Morgan fingerprint density at radius 1 is 0.933 bits per heavy atom. The van der Waals surface area contributed by atoms with Gasteiger partial charge < -0.3 is 47.7 Å². The maximum absolute atomic E-state index is 11.9. The zero-order valence-electron chi connectivity index (χ0n) is 26.7. The number of carbonyl (C=O) groups is 7. The lowest BCUT2D eigenvalue weighted by Crippen LogP contribution is -2.40. The second-order valence-electron chi connectivity index (χ2n) is 10.4. The number of nitrogens with one attached hydrogen (secondary N) is 3. The van der Waals surface area contributed by atoms with Crippen LogP contribution in [-0.2, 0) is 43.0 Å². The van der Waals surface area contributed by atoms with E-state index >= 15 is 0 Å². The van der Waals surface area contributed by atoms with Gasteiger partial charge in [0.05, 0.1) is 44.5 Å². The number of ether oxygens (including phenoxy) is 2. The van der Waals surface area contributed by atoms with Gasteiger partial charge in [0.15, 0.2) is 11.6 Å². The third-order valence-corrected chi connectivity index (χ3v) is 6.39. The molecule has 0 bridgehead atoms. The minimum absolute atomic E-state index is 0.00443. The number of rotatable bonds is 24. The first-order valence-corrected chi connectivity index (χ1v) is 15.3. The predicted octanol–water partition coefficient (Wildman–Crippen LogP) is -0.953. The van der Waals surface area contributed by atoms with Crippen molar-refractivity contribution in [3.8, 4) is 0 Å². The van der Waals surface area contributed by atoms with Gasteiger partial charge in [-0.1, -0.05) is 12.8 Å². The minimum Gasteiger partial charge on any atom is -0.480 e. The lowest BCUT2D eigenvalue weighted by Gasteiger charge is -2.16. The summed E-state index contributed by atoms with van der Waals surface area (Å²) in [6, 6.07) is -1.69. The molecule has 1 heterocycles. The summed E-state index contributed by atoms with van der Waals surface area (Å²) in [5.41, 5.74) is 16.3. The van der Waals surface area contributed by atoms with Crippen molar-refractivity contribution in [2.45, 2.75) is 102 Å². The summed E-state index contributed by atoms with van der Waals surface area (Å²) < 4.78 is 8.55. The van der Waals surface area contributed by atoms with Crippen LogP contribution < -0.4 is 33.2 Å². The van der Waals surface area contributed by atoms with Crippen LogP contribution in [-0.4, -0.2) is 105 Å².